The molecule has 1 aromatic rings. The molecule has 0 atom stereocenters. The maximum atomic E-state index is 12.6. The molecule has 0 saturated heterocycles. The fourth-order valence-electron chi connectivity index (χ4n) is 2.07. The molecule has 0 aliphatic carbocycles. The van der Waals surface area contributed by atoms with E-state index in [1.165, 1.54) is 7.11 Å². The van der Waals surface area contributed by atoms with Gasteiger partial charge < -0.3 is 14.4 Å². The number of hydrogen-bond donors (Lipinski definition) is 0. The molecule has 1 aromatic carbocycles. The first-order chi connectivity index (χ1) is 10.1. The van der Waals surface area contributed by atoms with Crippen LogP contribution in [0.4, 0.5) is 8.78 Å². The van der Waals surface area contributed by atoms with E-state index >= 15 is 0 Å². The number of carbonyl (C=O) groups is 1. The van der Waals surface area contributed by atoms with Gasteiger partial charge in [-0.1, -0.05) is 0 Å². The van der Waals surface area contributed by atoms with E-state index in [2.05, 4.69) is 6.08 Å². The summed E-state index contributed by atoms with van der Waals surface area (Å²) < 4.78 is 35.3. The second kappa shape index (κ2) is 9.33. The molecular weight excluding hydrogens is 369 g/mol. The normalized spacial score (nSPS) is 14.6. The second-order valence-electron chi connectivity index (χ2n) is 4.50. The third kappa shape index (κ3) is 5.11. The van der Waals surface area contributed by atoms with Gasteiger partial charge in [0.25, 0.3) is 6.43 Å². The standard InChI is InChI=1S/C15H16F2NO3.Y/c1-20-10-21-12-7-5-11(6-8-12)13-3-2-4-15(19)18(13)9-14(16)17;/h5-8,14H,2,4,9-10H2,1H3;/q-1;. The van der Waals surface area contributed by atoms with E-state index in [9.17, 15) is 13.6 Å². The molecule has 1 amide bonds. The first kappa shape index (κ1) is 19.2. The number of methoxy groups -OCH3 is 1. The van der Waals surface area contributed by atoms with Crippen molar-refractivity contribution in [3.63, 3.8) is 0 Å². The second-order valence-corrected chi connectivity index (χ2v) is 4.50. The fourth-order valence-corrected chi connectivity index (χ4v) is 2.07. The topological polar surface area (TPSA) is 38.8 Å². The van der Waals surface area contributed by atoms with Gasteiger partial charge in [0, 0.05) is 46.2 Å². The third-order valence-corrected chi connectivity index (χ3v) is 2.99. The third-order valence-electron chi connectivity index (χ3n) is 2.99. The van der Waals surface area contributed by atoms with Crippen LogP contribution in [0.3, 0.4) is 0 Å². The van der Waals surface area contributed by atoms with Crippen LogP contribution in [-0.2, 0) is 42.2 Å². The summed E-state index contributed by atoms with van der Waals surface area (Å²) in [5, 5.41) is 0. The maximum absolute atomic E-state index is 12.6. The average Bonchev–Trinajstić information content (AvgIpc) is 2.47. The molecular formula is C15H16F2NO3Y-. The largest absolute Gasteiger partial charge is 0.468 e. The number of benzene rings is 1. The van der Waals surface area contributed by atoms with E-state index < -0.39 is 13.0 Å². The summed E-state index contributed by atoms with van der Waals surface area (Å²) in [5.74, 6) is 0.299. The van der Waals surface area contributed by atoms with E-state index in [1.54, 1.807) is 24.3 Å². The molecule has 7 heteroatoms. The van der Waals surface area contributed by atoms with Crippen molar-refractivity contribution in [1.29, 1.82) is 0 Å². The van der Waals surface area contributed by atoms with Crippen molar-refractivity contribution >= 4 is 11.6 Å². The van der Waals surface area contributed by atoms with Crippen molar-refractivity contribution in [1.82, 2.24) is 4.90 Å². The van der Waals surface area contributed by atoms with Crippen molar-refractivity contribution in [2.45, 2.75) is 19.3 Å². The van der Waals surface area contributed by atoms with Crippen LogP contribution in [0.5, 0.6) is 5.75 Å². The summed E-state index contributed by atoms with van der Waals surface area (Å²) in [5.41, 5.74) is 1.07. The number of hydrogen-bond acceptors (Lipinski definition) is 3. The predicted molar refractivity (Wildman–Crippen MR) is 72.5 cm³/mol. The van der Waals surface area contributed by atoms with Gasteiger partial charge in [-0.25, -0.2) is 14.9 Å². The van der Waals surface area contributed by atoms with E-state index in [0.717, 1.165) is 4.90 Å². The number of allylic oxidation sites excluding steroid dienone is 1. The molecule has 0 bridgehead atoms. The molecule has 1 aliphatic rings. The van der Waals surface area contributed by atoms with E-state index in [1.807, 2.05) is 0 Å². The van der Waals surface area contributed by atoms with Crippen LogP contribution >= 0.6 is 0 Å². The molecule has 0 aromatic heterocycles. The number of halogens is 2. The Bertz CT molecular complexity index is 520. The molecule has 1 heterocycles. The van der Waals surface area contributed by atoms with Gasteiger partial charge in [0.2, 0.25) is 5.91 Å². The minimum absolute atomic E-state index is 0. The Labute approximate surface area is 153 Å². The summed E-state index contributed by atoms with van der Waals surface area (Å²) in [4.78, 5) is 12.9. The Balaban J connectivity index is 0.00000242. The van der Waals surface area contributed by atoms with Crippen LogP contribution in [0.15, 0.2) is 24.3 Å². The number of ether oxygens (including phenoxy) is 2. The minimum atomic E-state index is -2.58. The van der Waals surface area contributed by atoms with Gasteiger partial charge in [-0.2, -0.15) is 5.56 Å². The summed E-state index contributed by atoms with van der Waals surface area (Å²) in [6, 6.07) is 6.82. The fraction of sp³-hybridized carbons (Fsp3) is 0.400. The van der Waals surface area contributed by atoms with Gasteiger partial charge in [0.15, 0.2) is 6.79 Å². The Morgan fingerprint density at radius 1 is 1.32 bits per heavy atom. The molecule has 0 saturated carbocycles. The zero-order valence-corrected chi connectivity index (χ0v) is 15.1. The number of alkyl halides is 2. The quantitative estimate of drug-likeness (QED) is 0.559. The molecule has 0 unspecified atom stereocenters. The van der Waals surface area contributed by atoms with Gasteiger partial charge in [-0.15, -0.1) is 24.3 Å². The molecule has 0 N–H and O–H groups in total. The molecule has 2 rings (SSSR count). The van der Waals surface area contributed by atoms with Crippen LogP contribution < -0.4 is 4.74 Å². The van der Waals surface area contributed by atoms with E-state index in [0.29, 0.717) is 23.4 Å². The van der Waals surface area contributed by atoms with Gasteiger partial charge in [0.1, 0.15) is 5.75 Å². The zero-order valence-electron chi connectivity index (χ0n) is 12.2. The SMILES string of the molecule is COCOc1ccc(C2=[C-]CCC(=O)N2CC(F)F)cc1.[Y]. The number of rotatable bonds is 6. The molecule has 1 radical (unpaired) electrons. The van der Waals surface area contributed by atoms with E-state index in [4.69, 9.17) is 9.47 Å². The molecule has 22 heavy (non-hydrogen) atoms. The van der Waals surface area contributed by atoms with Crippen molar-refractivity contribution in [2.75, 3.05) is 20.4 Å². The number of carbonyl (C=O) groups excluding carboxylic acids is 1. The Morgan fingerprint density at radius 3 is 2.59 bits per heavy atom. The molecule has 117 valence electrons. The molecule has 1 aliphatic heterocycles. The summed E-state index contributed by atoms with van der Waals surface area (Å²) in [6.45, 7) is -0.479. The van der Waals surface area contributed by atoms with Crippen molar-refractivity contribution in [3.05, 3.63) is 35.9 Å². The summed E-state index contributed by atoms with van der Waals surface area (Å²) in [7, 11) is 1.52. The van der Waals surface area contributed by atoms with Gasteiger partial charge in [0.05, 0.1) is 6.54 Å². The minimum Gasteiger partial charge on any atom is -0.468 e. The Hall–Kier alpha value is -0.846. The number of amides is 1. The van der Waals surface area contributed by atoms with Crippen molar-refractivity contribution in [2.24, 2.45) is 0 Å². The van der Waals surface area contributed by atoms with Crippen molar-refractivity contribution < 1.29 is 55.8 Å². The average molecular weight is 385 g/mol. The van der Waals surface area contributed by atoms with Crippen LogP contribution in [0, 0.1) is 6.08 Å². The van der Waals surface area contributed by atoms with Crippen LogP contribution in [0.25, 0.3) is 5.70 Å². The van der Waals surface area contributed by atoms with Crippen molar-refractivity contribution in [3.8, 4) is 5.75 Å². The van der Waals surface area contributed by atoms with Crippen LogP contribution in [0.1, 0.15) is 18.4 Å². The Morgan fingerprint density at radius 2 is 2.00 bits per heavy atom. The van der Waals surface area contributed by atoms with Crippen LogP contribution in [-0.4, -0.2) is 37.7 Å². The zero-order chi connectivity index (χ0) is 15.2. The molecule has 0 fully saturated rings. The smallest absolute Gasteiger partial charge is 0.256 e. The first-order valence-electron chi connectivity index (χ1n) is 6.53. The van der Waals surface area contributed by atoms with Gasteiger partial charge in [-0.3, -0.25) is 4.79 Å². The summed E-state index contributed by atoms with van der Waals surface area (Å²) >= 11 is 0. The van der Waals surface area contributed by atoms with E-state index in [-0.39, 0.29) is 51.8 Å². The Kier molecular flexibility index (Phi) is 8.14. The van der Waals surface area contributed by atoms with Gasteiger partial charge >= 0.3 is 0 Å². The molecule has 4 nitrogen and oxygen atoms in total. The molecule has 0 spiro atoms. The van der Waals surface area contributed by atoms with Crippen LogP contribution in [0.2, 0.25) is 0 Å². The predicted octanol–water partition coefficient (Wildman–Crippen LogP) is 2.70. The summed E-state index contributed by atoms with van der Waals surface area (Å²) in [6.07, 6.45) is 1.08. The monoisotopic (exact) mass is 385 g/mol. The maximum Gasteiger partial charge on any atom is 0.256 e. The van der Waals surface area contributed by atoms with Gasteiger partial charge in [-0.05, 0) is 12.1 Å². The first-order valence-corrected chi connectivity index (χ1v) is 6.53. The number of nitrogens with zero attached hydrogens (tertiary/aromatic N) is 1.